The zero-order valence-electron chi connectivity index (χ0n) is 21.6. The van der Waals surface area contributed by atoms with Crippen LogP contribution in [0.4, 0.5) is 0 Å². The van der Waals surface area contributed by atoms with Gasteiger partial charge in [0.05, 0.1) is 0 Å². The Morgan fingerprint density at radius 2 is 1.25 bits per heavy atom. The molecular weight excluding hydrogens is 384 g/mol. The first-order valence-corrected chi connectivity index (χ1v) is 12.4. The van der Waals surface area contributed by atoms with E-state index >= 15 is 0 Å². The van der Waals surface area contributed by atoms with Crippen molar-refractivity contribution < 1.29 is 0 Å². The molecule has 0 saturated heterocycles. The minimum Gasteiger partial charge on any atom is -0.0767 e. The van der Waals surface area contributed by atoms with Crippen LogP contribution < -0.4 is 0 Å². The van der Waals surface area contributed by atoms with Crippen molar-refractivity contribution in [1.29, 1.82) is 0 Å². The van der Waals surface area contributed by atoms with E-state index in [9.17, 15) is 0 Å². The Bertz CT molecular complexity index is 1090. The number of allylic oxidation sites excluding steroid dienone is 4. The van der Waals surface area contributed by atoms with Gasteiger partial charge in [-0.15, -0.1) is 0 Å². The van der Waals surface area contributed by atoms with Crippen molar-refractivity contribution in [2.75, 3.05) is 0 Å². The maximum atomic E-state index is 2.58. The number of hydrogen-bond acceptors (Lipinski definition) is 0. The quantitative estimate of drug-likeness (QED) is 0.428. The molecule has 2 aromatic carbocycles. The molecule has 2 atom stereocenters. The fourth-order valence-electron chi connectivity index (χ4n) is 7.05. The highest BCUT2D eigenvalue weighted by Crippen LogP contribution is 2.67. The summed E-state index contributed by atoms with van der Waals surface area (Å²) >= 11 is 0. The predicted molar refractivity (Wildman–Crippen MR) is 138 cm³/mol. The summed E-state index contributed by atoms with van der Waals surface area (Å²) in [6.45, 7) is 21.5. The molecule has 3 aliphatic rings. The Kier molecular flexibility index (Phi) is 4.41. The van der Waals surface area contributed by atoms with Crippen LogP contribution in [0.2, 0.25) is 0 Å². The smallest absolute Gasteiger partial charge is 0.0165 e. The van der Waals surface area contributed by atoms with Gasteiger partial charge in [0, 0.05) is 11.8 Å². The summed E-state index contributed by atoms with van der Waals surface area (Å²) in [6, 6.07) is 14.7. The molecule has 0 bridgehead atoms. The van der Waals surface area contributed by atoms with Crippen molar-refractivity contribution in [3.8, 4) is 11.1 Å². The van der Waals surface area contributed by atoms with Gasteiger partial charge >= 0.3 is 0 Å². The molecule has 1 fully saturated rings. The molecule has 32 heavy (non-hydrogen) atoms. The number of hydrogen-bond donors (Lipinski definition) is 0. The Morgan fingerprint density at radius 3 is 1.72 bits per heavy atom. The van der Waals surface area contributed by atoms with E-state index in [2.05, 4.69) is 117 Å². The van der Waals surface area contributed by atoms with Gasteiger partial charge in [-0.25, -0.2) is 0 Å². The molecule has 2 aromatic rings. The van der Waals surface area contributed by atoms with Crippen LogP contribution in [0.3, 0.4) is 0 Å². The Hall–Kier alpha value is -2.08. The molecular formula is C32H40. The highest BCUT2D eigenvalue weighted by molar-refractivity contribution is 5.80. The van der Waals surface area contributed by atoms with E-state index < -0.39 is 0 Å². The van der Waals surface area contributed by atoms with E-state index in [1.807, 2.05) is 0 Å². The molecule has 2 unspecified atom stereocenters. The average Bonchev–Trinajstić information content (AvgIpc) is 3.33. The van der Waals surface area contributed by atoms with Crippen molar-refractivity contribution in [3.05, 3.63) is 82.5 Å². The maximum Gasteiger partial charge on any atom is 0.0165 e. The molecule has 168 valence electrons. The largest absolute Gasteiger partial charge is 0.0767 e. The van der Waals surface area contributed by atoms with Crippen LogP contribution in [0.5, 0.6) is 0 Å². The third kappa shape index (κ3) is 3.01. The van der Waals surface area contributed by atoms with E-state index in [0.717, 1.165) is 0 Å². The third-order valence-corrected chi connectivity index (χ3v) is 8.64. The lowest BCUT2D eigenvalue weighted by Gasteiger charge is -2.38. The molecule has 0 heteroatoms. The molecule has 0 radical (unpaired) electrons. The van der Waals surface area contributed by atoms with E-state index in [0.29, 0.717) is 11.8 Å². The van der Waals surface area contributed by atoms with Gasteiger partial charge in [0.15, 0.2) is 0 Å². The second kappa shape index (κ2) is 6.49. The molecule has 0 heterocycles. The van der Waals surface area contributed by atoms with Crippen LogP contribution >= 0.6 is 0 Å². The Balaban J connectivity index is 1.77. The standard InChI is InChI=1S/C32H40/c1-29(2,3)20-13-15-22-23-16-14-21(30(4,5)6)18-25(23)28(24(22)17-20)32(9)19-31(7,8)26-11-10-12-27(26)32/h10-18,27-28H,19H2,1-9H3. The van der Waals surface area contributed by atoms with Gasteiger partial charge in [-0.2, -0.15) is 0 Å². The van der Waals surface area contributed by atoms with Crippen molar-refractivity contribution in [2.45, 2.75) is 85.5 Å². The third-order valence-electron chi connectivity index (χ3n) is 8.64. The molecule has 3 aliphatic carbocycles. The molecule has 5 rings (SSSR count). The topological polar surface area (TPSA) is 0 Å². The summed E-state index contributed by atoms with van der Waals surface area (Å²) in [5.74, 6) is 0.952. The van der Waals surface area contributed by atoms with Crippen molar-refractivity contribution in [2.24, 2.45) is 16.7 Å². The monoisotopic (exact) mass is 424 g/mol. The van der Waals surface area contributed by atoms with Crippen molar-refractivity contribution in [3.63, 3.8) is 0 Å². The average molecular weight is 425 g/mol. The van der Waals surface area contributed by atoms with Gasteiger partial charge in [0.1, 0.15) is 0 Å². The summed E-state index contributed by atoms with van der Waals surface area (Å²) in [7, 11) is 0. The van der Waals surface area contributed by atoms with E-state index in [1.54, 1.807) is 16.7 Å². The molecule has 0 aliphatic heterocycles. The van der Waals surface area contributed by atoms with Crippen molar-refractivity contribution >= 4 is 0 Å². The fraction of sp³-hybridized carbons (Fsp3) is 0.500. The highest BCUT2D eigenvalue weighted by Gasteiger charge is 2.56. The number of rotatable bonds is 1. The Morgan fingerprint density at radius 1 is 0.750 bits per heavy atom. The molecule has 0 aromatic heterocycles. The fourth-order valence-corrected chi connectivity index (χ4v) is 7.05. The van der Waals surface area contributed by atoms with Crippen LogP contribution in [0.1, 0.15) is 96.9 Å². The maximum absolute atomic E-state index is 2.58. The summed E-state index contributed by atoms with van der Waals surface area (Å²) in [4.78, 5) is 0. The summed E-state index contributed by atoms with van der Waals surface area (Å²) < 4.78 is 0. The minimum atomic E-state index is 0.152. The molecule has 0 amide bonds. The molecule has 0 nitrogen and oxygen atoms in total. The molecule has 0 N–H and O–H groups in total. The van der Waals surface area contributed by atoms with E-state index in [4.69, 9.17) is 0 Å². The second-order valence-corrected chi connectivity index (χ2v) is 13.6. The van der Waals surface area contributed by atoms with Crippen LogP contribution in [-0.4, -0.2) is 0 Å². The Labute approximate surface area is 195 Å². The summed E-state index contributed by atoms with van der Waals surface area (Å²) in [6.07, 6.45) is 8.43. The van der Waals surface area contributed by atoms with Crippen LogP contribution in [-0.2, 0) is 10.8 Å². The SMILES string of the molecule is CC1(C)CC(C)(C2c3cc(C(C)(C)C)ccc3-c3ccc(C(C)(C)C)cc32)C2C=CC=C21. The van der Waals surface area contributed by atoms with Gasteiger partial charge in [-0.3, -0.25) is 0 Å². The van der Waals surface area contributed by atoms with Crippen LogP contribution in [0.15, 0.2) is 60.2 Å². The number of fused-ring (bicyclic) bond motifs is 4. The minimum absolute atomic E-state index is 0.152. The van der Waals surface area contributed by atoms with Gasteiger partial charge in [0.25, 0.3) is 0 Å². The van der Waals surface area contributed by atoms with Gasteiger partial charge in [0.2, 0.25) is 0 Å². The van der Waals surface area contributed by atoms with Crippen LogP contribution in [0, 0.1) is 16.7 Å². The normalized spacial score (nSPS) is 26.2. The molecule has 0 spiro atoms. The summed E-state index contributed by atoms with van der Waals surface area (Å²) in [5, 5.41) is 0. The molecule has 1 saturated carbocycles. The summed E-state index contributed by atoms with van der Waals surface area (Å²) in [5.41, 5.74) is 11.3. The lowest BCUT2D eigenvalue weighted by atomic mass is 9.64. The highest BCUT2D eigenvalue weighted by atomic mass is 14.6. The van der Waals surface area contributed by atoms with Crippen molar-refractivity contribution in [1.82, 2.24) is 0 Å². The van der Waals surface area contributed by atoms with Gasteiger partial charge in [-0.1, -0.05) is 123 Å². The van der Waals surface area contributed by atoms with E-state index in [-0.39, 0.29) is 21.7 Å². The first-order chi connectivity index (χ1) is 14.7. The van der Waals surface area contributed by atoms with Gasteiger partial charge < -0.3 is 0 Å². The number of benzene rings is 2. The van der Waals surface area contributed by atoms with Gasteiger partial charge in [-0.05, 0) is 61.5 Å². The van der Waals surface area contributed by atoms with E-state index in [1.165, 1.54) is 28.7 Å². The predicted octanol–water partition coefficient (Wildman–Crippen LogP) is 8.94. The second-order valence-electron chi connectivity index (χ2n) is 13.6. The first-order valence-electron chi connectivity index (χ1n) is 12.4. The van der Waals surface area contributed by atoms with Crippen LogP contribution in [0.25, 0.3) is 11.1 Å². The zero-order chi connectivity index (χ0) is 23.3. The lowest BCUT2D eigenvalue weighted by Crippen LogP contribution is -2.29. The zero-order valence-corrected chi connectivity index (χ0v) is 21.6. The lowest BCUT2D eigenvalue weighted by molar-refractivity contribution is 0.220. The first kappa shape index (κ1) is 21.7.